The Morgan fingerprint density at radius 1 is 0.673 bits per heavy atom. The van der Waals surface area contributed by atoms with Crippen LogP contribution in [0.2, 0.25) is 0 Å². The molecular weight excluding hydrogens is 702 g/mol. The Balaban J connectivity index is 1.22. The number of carbonyl (C=O) groups is 1. The van der Waals surface area contributed by atoms with Crippen LogP contribution >= 0.6 is 0 Å². The molecule has 5 rings (SSSR count). The van der Waals surface area contributed by atoms with Crippen molar-refractivity contribution >= 4 is 6.29 Å². The average molecular weight is 750 g/mol. The first-order chi connectivity index (χ1) is 24.7. The molecule has 3 aliphatic heterocycles. The molecule has 0 bridgehead atoms. The second-order valence-corrected chi connectivity index (χ2v) is 13.2. The normalized spacial score (nSPS) is 45.6. The average Bonchev–Trinajstić information content (AvgIpc) is 3.14. The third kappa shape index (κ3) is 8.34. The number of hydrogen-bond donors (Lipinski definition) is 13. The molecule has 52 heavy (non-hydrogen) atoms. The molecule has 20 nitrogen and oxygen atoms in total. The molecule has 1 aromatic rings. The van der Waals surface area contributed by atoms with Crippen molar-refractivity contribution in [1.29, 1.82) is 0 Å². The number of carbonyl (C=O) groups excluding carboxylic acids is 1. The fraction of sp³-hybridized carbons (Fsp3) is 0.719. The monoisotopic (exact) mass is 749 g/mol. The summed E-state index contributed by atoms with van der Waals surface area (Å²) in [6, 6.07) is 3.54. The number of rotatable bonds is 12. The predicted octanol–water partition coefficient (Wildman–Crippen LogP) is -6.67. The number of aldehydes is 1. The zero-order valence-corrected chi connectivity index (χ0v) is 27.8. The van der Waals surface area contributed by atoms with Crippen molar-refractivity contribution in [1.82, 2.24) is 5.32 Å². The lowest BCUT2D eigenvalue weighted by Crippen LogP contribution is -2.68. The molecule has 0 saturated carbocycles. The van der Waals surface area contributed by atoms with Gasteiger partial charge in [0.15, 0.2) is 12.6 Å². The zero-order valence-electron chi connectivity index (χ0n) is 27.8. The van der Waals surface area contributed by atoms with Crippen LogP contribution in [0.4, 0.5) is 0 Å². The lowest BCUT2D eigenvalue weighted by Gasteiger charge is -2.48. The molecule has 1 aliphatic carbocycles. The first-order valence-corrected chi connectivity index (χ1v) is 16.7. The van der Waals surface area contributed by atoms with Crippen LogP contribution in [0.15, 0.2) is 35.9 Å². The number of benzene rings is 1. The van der Waals surface area contributed by atoms with Crippen LogP contribution in [0.25, 0.3) is 0 Å². The molecule has 3 saturated heterocycles. The van der Waals surface area contributed by atoms with E-state index in [1.165, 1.54) is 37.3 Å². The largest absolute Gasteiger partial charge is 0.462 e. The summed E-state index contributed by atoms with van der Waals surface area (Å²) in [5, 5.41) is 129. The van der Waals surface area contributed by atoms with Crippen LogP contribution in [-0.4, -0.2) is 204 Å². The van der Waals surface area contributed by atoms with E-state index in [2.05, 4.69) is 5.32 Å². The smallest absolute Gasteiger partial charge is 0.229 e. The van der Waals surface area contributed by atoms with E-state index in [4.69, 9.17) is 28.4 Å². The van der Waals surface area contributed by atoms with E-state index in [9.17, 15) is 66.1 Å². The van der Waals surface area contributed by atoms with Crippen molar-refractivity contribution in [3.8, 4) is 5.75 Å². The van der Waals surface area contributed by atoms with Crippen LogP contribution in [-0.2, 0) is 23.7 Å². The second kappa shape index (κ2) is 17.5. The van der Waals surface area contributed by atoms with Crippen molar-refractivity contribution < 1.29 is 94.5 Å². The van der Waals surface area contributed by atoms with Gasteiger partial charge >= 0.3 is 0 Å². The SMILES string of the molecule is CC1OC(OC2C(CO)OC(OC3C(CO)OC(Oc4ccc(C=O)cc4)C(O)C3O)C(O)C2O)C(O)C(O)C1NC1C=C(CO)C(O)C(O)C1O. The second-order valence-electron chi connectivity index (χ2n) is 13.2. The van der Waals surface area contributed by atoms with Gasteiger partial charge in [-0.05, 0) is 36.8 Å². The van der Waals surface area contributed by atoms with Crippen molar-refractivity contribution in [2.24, 2.45) is 0 Å². The molecule has 13 N–H and O–H groups in total. The minimum Gasteiger partial charge on any atom is -0.462 e. The van der Waals surface area contributed by atoms with Gasteiger partial charge in [-0.2, -0.15) is 0 Å². The Hall–Kier alpha value is -2.29. The fourth-order valence-electron chi connectivity index (χ4n) is 6.66. The summed E-state index contributed by atoms with van der Waals surface area (Å²) in [5.41, 5.74) is 0.373. The highest BCUT2D eigenvalue weighted by atomic mass is 16.8. The summed E-state index contributed by atoms with van der Waals surface area (Å²) >= 11 is 0. The van der Waals surface area contributed by atoms with Gasteiger partial charge < -0.3 is 95.0 Å². The maximum absolute atomic E-state index is 11.1. The van der Waals surface area contributed by atoms with Gasteiger partial charge in [0.1, 0.15) is 91.4 Å². The molecule has 0 aromatic heterocycles. The minimum absolute atomic E-state index is 0.0174. The third-order valence-electron chi connectivity index (χ3n) is 9.73. The molecular formula is C32H47NO19. The predicted molar refractivity (Wildman–Crippen MR) is 168 cm³/mol. The summed E-state index contributed by atoms with van der Waals surface area (Å²) in [5.74, 6) is 0.169. The number of hydrogen-bond acceptors (Lipinski definition) is 20. The summed E-state index contributed by atoms with van der Waals surface area (Å²) in [6.45, 7) is -0.765. The summed E-state index contributed by atoms with van der Waals surface area (Å²) < 4.78 is 34.0. The maximum Gasteiger partial charge on any atom is 0.229 e. The molecule has 1 aromatic carbocycles. The zero-order chi connectivity index (χ0) is 38.0. The Labute approximate surface area is 296 Å². The van der Waals surface area contributed by atoms with E-state index in [-0.39, 0.29) is 11.3 Å². The van der Waals surface area contributed by atoms with Crippen LogP contribution in [0, 0.1) is 0 Å². The van der Waals surface area contributed by atoms with Crippen LogP contribution in [0.3, 0.4) is 0 Å². The van der Waals surface area contributed by atoms with Crippen LogP contribution < -0.4 is 10.1 Å². The van der Waals surface area contributed by atoms with Crippen LogP contribution in [0.1, 0.15) is 17.3 Å². The van der Waals surface area contributed by atoms with Gasteiger partial charge in [0.05, 0.1) is 38.0 Å². The molecule has 0 spiro atoms. The standard InChI is InChI=1S/C32H47NO19/c1-11-18(33-15-6-13(8-35)19(38)22(41)20(15)39)21(40)25(44)30(47-11)51-28-17(10-37)50-32(27(46)24(28)43)52-29-16(9-36)49-31(26(45)23(29)42)48-14-4-2-12(7-34)3-5-14/h2-7,11,15-33,35-46H,8-10H2,1H3. The number of aliphatic hydroxyl groups excluding tert-OH is 12. The number of ether oxygens (including phenoxy) is 6. The van der Waals surface area contributed by atoms with Gasteiger partial charge in [-0.1, -0.05) is 6.08 Å². The van der Waals surface area contributed by atoms with E-state index in [0.717, 1.165) is 0 Å². The van der Waals surface area contributed by atoms with Gasteiger partial charge in [-0.15, -0.1) is 0 Å². The molecule has 0 amide bonds. The lowest BCUT2D eigenvalue weighted by atomic mass is 9.86. The molecule has 3 heterocycles. The number of aliphatic hydroxyl groups is 12. The molecule has 4 aliphatic rings. The van der Waals surface area contributed by atoms with E-state index in [0.29, 0.717) is 11.8 Å². The first kappa shape index (κ1) is 40.9. The Morgan fingerprint density at radius 2 is 1.19 bits per heavy atom. The van der Waals surface area contributed by atoms with Crippen LogP contribution in [0.5, 0.6) is 5.75 Å². The molecule has 294 valence electrons. The summed E-state index contributed by atoms with van der Waals surface area (Å²) in [6.07, 6.45) is -25.8. The van der Waals surface area contributed by atoms with Gasteiger partial charge in [-0.3, -0.25) is 4.79 Å². The van der Waals surface area contributed by atoms with Gasteiger partial charge in [0.2, 0.25) is 6.29 Å². The fourth-order valence-corrected chi connectivity index (χ4v) is 6.66. The highest BCUT2D eigenvalue weighted by Crippen LogP contribution is 2.33. The van der Waals surface area contributed by atoms with E-state index >= 15 is 0 Å². The summed E-state index contributed by atoms with van der Waals surface area (Å²) in [4.78, 5) is 10.9. The van der Waals surface area contributed by atoms with Crippen molar-refractivity contribution in [2.75, 3.05) is 19.8 Å². The third-order valence-corrected chi connectivity index (χ3v) is 9.73. The van der Waals surface area contributed by atoms with Crippen molar-refractivity contribution in [2.45, 2.75) is 123 Å². The molecule has 3 fully saturated rings. The molecule has 19 unspecified atom stereocenters. The molecule has 20 heteroatoms. The van der Waals surface area contributed by atoms with Crippen molar-refractivity contribution in [3.63, 3.8) is 0 Å². The van der Waals surface area contributed by atoms with Gasteiger partial charge in [-0.25, -0.2) is 0 Å². The highest BCUT2D eigenvalue weighted by molar-refractivity contribution is 5.74. The maximum atomic E-state index is 11.1. The summed E-state index contributed by atoms with van der Waals surface area (Å²) in [7, 11) is 0. The Morgan fingerprint density at radius 3 is 1.73 bits per heavy atom. The van der Waals surface area contributed by atoms with Gasteiger partial charge in [0.25, 0.3) is 0 Å². The topological polar surface area (TPSA) is 327 Å². The Bertz CT molecular complexity index is 1340. The minimum atomic E-state index is -1.96. The van der Waals surface area contributed by atoms with E-state index in [1.807, 2.05) is 0 Å². The quantitative estimate of drug-likeness (QED) is 0.0698. The van der Waals surface area contributed by atoms with Crippen molar-refractivity contribution in [3.05, 3.63) is 41.5 Å². The van der Waals surface area contributed by atoms with Gasteiger partial charge in [0, 0.05) is 5.56 Å². The van der Waals surface area contributed by atoms with E-state index < -0.39 is 136 Å². The molecule has 0 radical (unpaired) electrons. The van der Waals surface area contributed by atoms with E-state index in [1.54, 1.807) is 0 Å². The number of nitrogens with one attached hydrogen (secondary N) is 1. The first-order valence-electron chi connectivity index (χ1n) is 16.7. The highest BCUT2D eigenvalue weighted by Gasteiger charge is 2.54. The molecule has 19 atom stereocenters. The Kier molecular flexibility index (Phi) is 13.7. The lowest BCUT2D eigenvalue weighted by molar-refractivity contribution is -0.372.